The van der Waals surface area contributed by atoms with Crippen molar-refractivity contribution in [1.82, 2.24) is 15.5 Å². The van der Waals surface area contributed by atoms with E-state index >= 15 is 0 Å². The number of aryl methyl sites for hydroxylation is 1. The maximum Gasteiger partial charge on any atom is 0.0519 e. The molecule has 0 atom stereocenters. The van der Waals surface area contributed by atoms with Gasteiger partial charge in [0.2, 0.25) is 0 Å². The number of nitrogens with one attached hydrogen (secondary N) is 2. The summed E-state index contributed by atoms with van der Waals surface area (Å²) in [5, 5.41) is 9.81. The second-order valence-corrected chi connectivity index (χ2v) is 2.06. The van der Waals surface area contributed by atoms with Crippen molar-refractivity contribution in [2.75, 3.05) is 7.05 Å². The highest BCUT2D eigenvalue weighted by molar-refractivity contribution is 5.12. The summed E-state index contributed by atoms with van der Waals surface area (Å²) in [6.07, 6.45) is 1.83. The summed E-state index contributed by atoms with van der Waals surface area (Å²) in [7, 11) is 1.92. The maximum atomic E-state index is 3.88. The Bertz CT molecular complexity index is 180. The van der Waals surface area contributed by atoms with Crippen LogP contribution in [-0.2, 0) is 6.54 Å². The van der Waals surface area contributed by atoms with Crippen LogP contribution in [0.5, 0.6) is 0 Å². The molecule has 1 aromatic rings. The molecule has 1 aromatic heterocycles. The zero-order valence-electron chi connectivity index (χ0n) is 5.73. The van der Waals surface area contributed by atoms with Crippen molar-refractivity contribution in [3.8, 4) is 0 Å². The monoisotopic (exact) mass is 125 g/mol. The topological polar surface area (TPSA) is 40.7 Å². The van der Waals surface area contributed by atoms with Gasteiger partial charge in [0.1, 0.15) is 0 Å². The van der Waals surface area contributed by atoms with Crippen molar-refractivity contribution in [1.29, 1.82) is 0 Å². The molecular formula is C6H11N3. The van der Waals surface area contributed by atoms with E-state index in [1.54, 1.807) is 0 Å². The van der Waals surface area contributed by atoms with E-state index < -0.39 is 0 Å². The maximum absolute atomic E-state index is 3.88. The summed E-state index contributed by atoms with van der Waals surface area (Å²) in [5.74, 6) is 0. The molecular weight excluding hydrogens is 114 g/mol. The minimum absolute atomic E-state index is 0.867. The molecule has 0 saturated heterocycles. The Morgan fingerprint density at radius 3 is 3.00 bits per heavy atom. The molecule has 0 aromatic carbocycles. The van der Waals surface area contributed by atoms with E-state index in [2.05, 4.69) is 15.5 Å². The standard InChI is InChI=1S/C6H11N3/c1-5-3-8-9-6(5)4-7-2/h3,7H,4H2,1-2H3,(H,8,9). The van der Waals surface area contributed by atoms with Gasteiger partial charge in [-0.2, -0.15) is 5.10 Å². The zero-order chi connectivity index (χ0) is 6.69. The van der Waals surface area contributed by atoms with Crippen molar-refractivity contribution >= 4 is 0 Å². The van der Waals surface area contributed by atoms with E-state index in [9.17, 15) is 0 Å². The quantitative estimate of drug-likeness (QED) is 0.602. The van der Waals surface area contributed by atoms with E-state index in [0.29, 0.717) is 0 Å². The Balaban J connectivity index is 2.69. The van der Waals surface area contributed by atoms with Gasteiger partial charge < -0.3 is 5.32 Å². The molecule has 0 saturated carbocycles. The molecule has 0 aliphatic carbocycles. The van der Waals surface area contributed by atoms with Gasteiger partial charge >= 0.3 is 0 Å². The van der Waals surface area contributed by atoms with Crippen LogP contribution in [0.2, 0.25) is 0 Å². The van der Waals surface area contributed by atoms with Crippen LogP contribution < -0.4 is 5.32 Å². The highest BCUT2D eigenvalue weighted by atomic mass is 15.1. The summed E-state index contributed by atoms with van der Waals surface area (Å²) in [4.78, 5) is 0. The van der Waals surface area contributed by atoms with Gasteiger partial charge in [0.15, 0.2) is 0 Å². The third-order valence-electron chi connectivity index (χ3n) is 1.29. The summed E-state index contributed by atoms with van der Waals surface area (Å²) >= 11 is 0. The Labute approximate surface area is 54.5 Å². The molecule has 0 radical (unpaired) electrons. The smallest absolute Gasteiger partial charge is 0.0519 e. The lowest BCUT2D eigenvalue weighted by atomic mass is 10.3. The highest BCUT2D eigenvalue weighted by Crippen LogP contribution is 1.99. The summed E-state index contributed by atoms with van der Waals surface area (Å²) in [6.45, 7) is 2.90. The molecule has 0 spiro atoms. The highest BCUT2D eigenvalue weighted by Gasteiger charge is 1.95. The van der Waals surface area contributed by atoms with Crippen LogP contribution in [0.1, 0.15) is 11.3 Å². The van der Waals surface area contributed by atoms with Crippen molar-refractivity contribution in [2.45, 2.75) is 13.5 Å². The van der Waals surface area contributed by atoms with Gasteiger partial charge in [-0.1, -0.05) is 0 Å². The molecule has 1 rings (SSSR count). The van der Waals surface area contributed by atoms with Gasteiger partial charge in [-0.25, -0.2) is 0 Å². The van der Waals surface area contributed by atoms with Crippen LogP contribution in [0.25, 0.3) is 0 Å². The lowest BCUT2D eigenvalue weighted by Crippen LogP contribution is -2.06. The average Bonchev–Trinajstić information content (AvgIpc) is 2.18. The third-order valence-corrected chi connectivity index (χ3v) is 1.29. The molecule has 3 nitrogen and oxygen atoms in total. The number of aromatic amines is 1. The Morgan fingerprint density at radius 2 is 2.56 bits per heavy atom. The van der Waals surface area contributed by atoms with Gasteiger partial charge in [-0.15, -0.1) is 0 Å². The minimum Gasteiger partial charge on any atom is -0.314 e. The number of nitrogens with zero attached hydrogens (tertiary/aromatic N) is 1. The fourth-order valence-electron chi connectivity index (χ4n) is 0.729. The molecule has 0 amide bonds. The fraction of sp³-hybridized carbons (Fsp3) is 0.500. The number of hydrogen-bond acceptors (Lipinski definition) is 2. The Morgan fingerprint density at radius 1 is 1.78 bits per heavy atom. The van der Waals surface area contributed by atoms with E-state index in [4.69, 9.17) is 0 Å². The molecule has 0 bridgehead atoms. The first kappa shape index (κ1) is 6.29. The van der Waals surface area contributed by atoms with Crippen molar-refractivity contribution in [3.63, 3.8) is 0 Å². The Kier molecular flexibility index (Phi) is 1.85. The van der Waals surface area contributed by atoms with Crippen molar-refractivity contribution in [2.24, 2.45) is 0 Å². The van der Waals surface area contributed by atoms with Gasteiger partial charge in [0, 0.05) is 6.54 Å². The predicted molar refractivity (Wildman–Crippen MR) is 36.1 cm³/mol. The molecule has 9 heavy (non-hydrogen) atoms. The molecule has 3 heteroatoms. The second kappa shape index (κ2) is 2.64. The first-order chi connectivity index (χ1) is 4.34. The average molecular weight is 125 g/mol. The van der Waals surface area contributed by atoms with Gasteiger partial charge in [0.05, 0.1) is 11.9 Å². The van der Waals surface area contributed by atoms with Gasteiger partial charge in [-0.3, -0.25) is 5.10 Å². The largest absolute Gasteiger partial charge is 0.314 e. The fourth-order valence-corrected chi connectivity index (χ4v) is 0.729. The predicted octanol–water partition coefficient (Wildman–Crippen LogP) is 0.438. The van der Waals surface area contributed by atoms with Crippen LogP contribution in [0.3, 0.4) is 0 Å². The lowest BCUT2D eigenvalue weighted by molar-refractivity contribution is 0.779. The van der Waals surface area contributed by atoms with Crippen LogP contribution in [0.15, 0.2) is 6.20 Å². The third kappa shape index (κ3) is 1.29. The van der Waals surface area contributed by atoms with E-state index in [1.807, 2.05) is 20.2 Å². The van der Waals surface area contributed by atoms with Crippen LogP contribution in [-0.4, -0.2) is 17.2 Å². The number of aromatic nitrogens is 2. The zero-order valence-corrected chi connectivity index (χ0v) is 5.73. The molecule has 0 unspecified atom stereocenters. The SMILES string of the molecule is CNCc1[nH]ncc1C. The van der Waals surface area contributed by atoms with E-state index in [1.165, 1.54) is 5.56 Å². The molecule has 0 aliphatic rings. The summed E-state index contributed by atoms with van der Waals surface area (Å²) < 4.78 is 0. The van der Waals surface area contributed by atoms with Crippen LogP contribution >= 0.6 is 0 Å². The van der Waals surface area contributed by atoms with Crippen LogP contribution in [0.4, 0.5) is 0 Å². The minimum atomic E-state index is 0.867. The number of rotatable bonds is 2. The van der Waals surface area contributed by atoms with E-state index in [0.717, 1.165) is 12.2 Å². The molecule has 0 aliphatic heterocycles. The molecule has 2 N–H and O–H groups in total. The Hall–Kier alpha value is -0.830. The van der Waals surface area contributed by atoms with Crippen molar-refractivity contribution < 1.29 is 0 Å². The molecule has 0 fully saturated rings. The lowest BCUT2D eigenvalue weighted by Gasteiger charge is -1.94. The summed E-state index contributed by atoms with van der Waals surface area (Å²) in [6, 6.07) is 0. The van der Waals surface area contributed by atoms with Crippen LogP contribution in [0, 0.1) is 6.92 Å². The molecule has 50 valence electrons. The first-order valence-corrected chi connectivity index (χ1v) is 2.98. The van der Waals surface area contributed by atoms with Gasteiger partial charge in [-0.05, 0) is 19.5 Å². The molecule has 1 heterocycles. The number of hydrogen-bond donors (Lipinski definition) is 2. The van der Waals surface area contributed by atoms with Gasteiger partial charge in [0.25, 0.3) is 0 Å². The second-order valence-electron chi connectivity index (χ2n) is 2.06. The summed E-state index contributed by atoms with van der Waals surface area (Å²) in [5.41, 5.74) is 2.38. The number of H-pyrrole nitrogens is 1. The normalized spacial score (nSPS) is 10.0. The van der Waals surface area contributed by atoms with E-state index in [-0.39, 0.29) is 0 Å². The van der Waals surface area contributed by atoms with Crippen molar-refractivity contribution in [3.05, 3.63) is 17.5 Å². The first-order valence-electron chi connectivity index (χ1n) is 2.98.